The molecule has 0 fully saturated rings. The van der Waals surface area contributed by atoms with Crippen LogP contribution in [0.4, 0.5) is 0 Å². The van der Waals surface area contributed by atoms with Crippen LogP contribution >= 0.6 is 0 Å². The number of benzene rings is 1. The molecule has 4 nitrogen and oxygen atoms in total. The van der Waals surface area contributed by atoms with E-state index in [1.165, 1.54) is 25.7 Å². The highest BCUT2D eigenvalue weighted by Gasteiger charge is 2.05. The van der Waals surface area contributed by atoms with Gasteiger partial charge in [-0.1, -0.05) is 44.7 Å². The molecule has 0 amide bonds. The number of carboxylic acids is 1. The van der Waals surface area contributed by atoms with E-state index in [0.29, 0.717) is 0 Å². The minimum Gasteiger partial charge on any atom is -0.478 e. The summed E-state index contributed by atoms with van der Waals surface area (Å²) in [5.74, 6) is -0.920. The van der Waals surface area contributed by atoms with Gasteiger partial charge < -0.3 is 5.11 Å². The van der Waals surface area contributed by atoms with E-state index < -0.39 is 5.97 Å². The smallest absolute Gasteiger partial charge is 0.335 e. The molecule has 0 atom stereocenters. The summed E-state index contributed by atoms with van der Waals surface area (Å²) < 4.78 is 0. The van der Waals surface area contributed by atoms with Crippen LogP contribution < -0.4 is 0 Å². The molecule has 0 radical (unpaired) electrons. The fourth-order valence-electron chi connectivity index (χ4n) is 2.33. The van der Waals surface area contributed by atoms with Gasteiger partial charge in [-0.3, -0.25) is 9.97 Å². The highest BCUT2D eigenvalue weighted by Crippen LogP contribution is 2.17. The molecule has 1 heterocycles. The Morgan fingerprint density at radius 2 is 1.73 bits per heavy atom. The normalized spacial score (nSPS) is 10.6. The zero-order valence-electron chi connectivity index (χ0n) is 13.0. The molecule has 1 N–H and O–H groups in total. The van der Waals surface area contributed by atoms with E-state index in [0.717, 1.165) is 29.8 Å². The van der Waals surface area contributed by atoms with Crippen molar-refractivity contribution in [3.8, 4) is 11.3 Å². The number of aromatic carboxylic acids is 1. The lowest BCUT2D eigenvalue weighted by atomic mass is 10.1. The average Bonchev–Trinajstić information content (AvgIpc) is 2.55. The zero-order valence-corrected chi connectivity index (χ0v) is 13.0. The number of carboxylic acid groups (broad SMARTS) is 1. The first kappa shape index (κ1) is 16.1. The molecule has 2 aromatic rings. The first-order valence-electron chi connectivity index (χ1n) is 7.85. The van der Waals surface area contributed by atoms with Gasteiger partial charge >= 0.3 is 5.97 Å². The molecule has 0 aliphatic heterocycles. The number of hydrogen-bond donors (Lipinski definition) is 1. The minimum atomic E-state index is -0.920. The van der Waals surface area contributed by atoms with Crippen molar-refractivity contribution < 1.29 is 9.90 Å². The summed E-state index contributed by atoms with van der Waals surface area (Å²) in [4.78, 5) is 19.7. The van der Waals surface area contributed by atoms with E-state index in [9.17, 15) is 4.79 Å². The molecule has 0 aliphatic rings. The van der Waals surface area contributed by atoms with Gasteiger partial charge in [0.1, 0.15) is 0 Å². The first-order chi connectivity index (χ1) is 10.7. The highest BCUT2D eigenvalue weighted by atomic mass is 16.4. The van der Waals surface area contributed by atoms with Gasteiger partial charge in [0, 0.05) is 11.8 Å². The van der Waals surface area contributed by atoms with Gasteiger partial charge in [0.25, 0.3) is 0 Å². The molecule has 22 heavy (non-hydrogen) atoms. The Kier molecular flexibility index (Phi) is 6.07. The quantitative estimate of drug-likeness (QED) is 0.736. The predicted molar refractivity (Wildman–Crippen MR) is 86.9 cm³/mol. The summed E-state index contributed by atoms with van der Waals surface area (Å²) in [6.45, 7) is 2.22. The number of aromatic nitrogens is 2. The van der Waals surface area contributed by atoms with Crippen LogP contribution in [0.25, 0.3) is 11.3 Å². The summed E-state index contributed by atoms with van der Waals surface area (Å²) in [6, 6.07) is 6.69. The Hall–Kier alpha value is -2.23. The van der Waals surface area contributed by atoms with Crippen molar-refractivity contribution in [1.29, 1.82) is 0 Å². The zero-order chi connectivity index (χ0) is 15.8. The van der Waals surface area contributed by atoms with Gasteiger partial charge in [-0.05, 0) is 25.0 Å². The highest BCUT2D eigenvalue weighted by molar-refractivity contribution is 5.88. The van der Waals surface area contributed by atoms with Crippen molar-refractivity contribution in [2.45, 2.75) is 45.4 Å². The predicted octanol–water partition coefficient (Wildman–Crippen LogP) is 4.35. The number of carbonyl (C=O) groups is 1. The van der Waals surface area contributed by atoms with Crippen molar-refractivity contribution >= 4 is 5.97 Å². The van der Waals surface area contributed by atoms with E-state index in [2.05, 4.69) is 16.9 Å². The maximum atomic E-state index is 10.8. The van der Waals surface area contributed by atoms with Gasteiger partial charge in [-0.25, -0.2) is 4.79 Å². The van der Waals surface area contributed by atoms with Crippen LogP contribution in [0.3, 0.4) is 0 Å². The minimum absolute atomic E-state index is 0.278. The van der Waals surface area contributed by atoms with Gasteiger partial charge in [-0.15, -0.1) is 0 Å². The summed E-state index contributed by atoms with van der Waals surface area (Å²) in [7, 11) is 0. The Morgan fingerprint density at radius 1 is 1.00 bits per heavy atom. The fraction of sp³-hybridized carbons (Fsp3) is 0.389. The molecular weight excluding hydrogens is 276 g/mol. The van der Waals surface area contributed by atoms with Crippen LogP contribution in [0.1, 0.15) is 55.1 Å². The van der Waals surface area contributed by atoms with E-state index >= 15 is 0 Å². The average molecular weight is 298 g/mol. The summed E-state index contributed by atoms with van der Waals surface area (Å²) in [5, 5.41) is 8.89. The molecule has 0 bridgehead atoms. The fourth-order valence-corrected chi connectivity index (χ4v) is 2.33. The van der Waals surface area contributed by atoms with Gasteiger partial charge in [-0.2, -0.15) is 0 Å². The number of rotatable bonds is 8. The Balaban J connectivity index is 1.92. The summed E-state index contributed by atoms with van der Waals surface area (Å²) in [6.07, 6.45) is 10.8. The molecule has 1 aromatic heterocycles. The van der Waals surface area contributed by atoms with Crippen LogP contribution in [-0.2, 0) is 6.42 Å². The van der Waals surface area contributed by atoms with Crippen LogP contribution in [0.15, 0.2) is 36.7 Å². The van der Waals surface area contributed by atoms with Gasteiger partial charge in [0.2, 0.25) is 0 Å². The molecule has 0 saturated carbocycles. The van der Waals surface area contributed by atoms with E-state index in [1.54, 1.807) is 30.5 Å². The van der Waals surface area contributed by atoms with E-state index in [4.69, 9.17) is 5.11 Å². The lowest BCUT2D eigenvalue weighted by Gasteiger charge is -2.04. The van der Waals surface area contributed by atoms with Gasteiger partial charge in [0.15, 0.2) is 0 Å². The monoisotopic (exact) mass is 298 g/mol. The number of unbranched alkanes of at least 4 members (excludes halogenated alkanes) is 4. The molecule has 0 spiro atoms. The Labute approximate surface area is 131 Å². The lowest BCUT2D eigenvalue weighted by molar-refractivity contribution is 0.0697. The third kappa shape index (κ3) is 4.65. The molecule has 4 heteroatoms. The standard InChI is InChI=1S/C18H22N2O2/c1-2-3-4-5-6-7-16-12-20-17(13-19-16)14-8-10-15(11-9-14)18(21)22/h8-13H,2-7H2,1H3,(H,21,22). The summed E-state index contributed by atoms with van der Waals surface area (Å²) in [5.41, 5.74) is 2.95. The van der Waals surface area contributed by atoms with Crippen molar-refractivity contribution in [3.05, 3.63) is 47.9 Å². The second-order valence-electron chi connectivity index (χ2n) is 5.44. The van der Waals surface area contributed by atoms with Crippen molar-refractivity contribution in [3.63, 3.8) is 0 Å². The number of aryl methyl sites for hydroxylation is 1. The molecule has 0 unspecified atom stereocenters. The molecule has 1 aromatic carbocycles. The third-order valence-electron chi connectivity index (χ3n) is 3.67. The Bertz CT molecular complexity index is 591. The second kappa shape index (κ2) is 8.27. The van der Waals surface area contributed by atoms with E-state index in [1.807, 2.05) is 6.20 Å². The molecule has 0 aliphatic carbocycles. The van der Waals surface area contributed by atoms with Crippen molar-refractivity contribution in [2.24, 2.45) is 0 Å². The van der Waals surface area contributed by atoms with Crippen LogP contribution in [0.5, 0.6) is 0 Å². The molecule has 0 saturated heterocycles. The van der Waals surface area contributed by atoms with Crippen LogP contribution in [0, 0.1) is 0 Å². The SMILES string of the molecule is CCCCCCCc1cnc(-c2ccc(C(=O)O)cc2)cn1. The molecule has 116 valence electrons. The lowest BCUT2D eigenvalue weighted by Crippen LogP contribution is -1.96. The number of hydrogen-bond acceptors (Lipinski definition) is 3. The van der Waals surface area contributed by atoms with Crippen molar-refractivity contribution in [1.82, 2.24) is 9.97 Å². The van der Waals surface area contributed by atoms with Crippen LogP contribution in [0.2, 0.25) is 0 Å². The third-order valence-corrected chi connectivity index (χ3v) is 3.67. The maximum absolute atomic E-state index is 10.8. The maximum Gasteiger partial charge on any atom is 0.335 e. The van der Waals surface area contributed by atoms with Crippen LogP contribution in [-0.4, -0.2) is 21.0 Å². The van der Waals surface area contributed by atoms with Gasteiger partial charge in [0.05, 0.1) is 23.1 Å². The number of nitrogens with zero attached hydrogens (tertiary/aromatic N) is 2. The van der Waals surface area contributed by atoms with E-state index in [-0.39, 0.29) is 5.56 Å². The molecule has 2 rings (SSSR count). The first-order valence-corrected chi connectivity index (χ1v) is 7.85. The topological polar surface area (TPSA) is 63.1 Å². The largest absolute Gasteiger partial charge is 0.478 e. The Morgan fingerprint density at radius 3 is 2.32 bits per heavy atom. The van der Waals surface area contributed by atoms with Crippen molar-refractivity contribution in [2.75, 3.05) is 0 Å². The molecular formula is C18H22N2O2. The second-order valence-corrected chi connectivity index (χ2v) is 5.44. The summed E-state index contributed by atoms with van der Waals surface area (Å²) >= 11 is 0.